The molecule has 0 radical (unpaired) electrons. The number of benzene rings is 1. The molecular weight excluding hydrogens is 368 g/mol. The van der Waals surface area contributed by atoms with Gasteiger partial charge in [0.15, 0.2) is 0 Å². The molecule has 2 amide bonds. The van der Waals surface area contributed by atoms with E-state index in [1.807, 2.05) is 25.1 Å². The van der Waals surface area contributed by atoms with E-state index in [0.717, 1.165) is 32.1 Å². The van der Waals surface area contributed by atoms with E-state index in [1.54, 1.807) is 9.80 Å². The molecule has 6 heteroatoms. The lowest BCUT2D eigenvalue weighted by molar-refractivity contribution is -0.162. The number of rotatable bonds is 8. The van der Waals surface area contributed by atoms with Gasteiger partial charge in [0, 0.05) is 26.1 Å². The van der Waals surface area contributed by atoms with Gasteiger partial charge in [0.2, 0.25) is 11.8 Å². The minimum atomic E-state index is -0.645. The Morgan fingerprint density at radius 3 is 2.62 bits per heavy atom. The van der Waals surface area contributed by atoms with E-state index in [4.69, 9.17) is 4.74 Å². The van der Waals surface area contributed by atoms with Crippen LogP contribution in [0.4, 0.5) is 0 Å². The van der Waals surface area contributed by atoms with E-state index >= 15 is 0 Å². The standard InChI is InChI=1S/C23H32N2O4/c1-2-29-22(28)23(13-6-11-19-9-4-3-5-10-19)14-8-16-25(18-23)21(27)17-24-15-7-12-20(24)26/h3-5,9-10H,2,6-8,11-18H2,1H3/t23-/m1/s1. The Labute approximate surface area is 173 Å². The van der Waals surface area contributed by atoms with Crippen molar-refractivity contribution in [3.05, 3.63) is 35.9 Å². The van der Waals surface area contributed by atoms with Crippen LogP contribution in [-0.4, -0.2) is 60.4 Å². The van der Waals surface area contributed by atoms with Crippen molar-refractivity contribution in [3.8, 4) is 0 Å². The molecule has 2 saturated heterocycles. The summed E-state index contributed by atoms with van der Waals surface area (Å²) in [6.45, 7) is 3.97. The number of esters is 1. The zero-order valence-electron chi connectivity index (χ0n) is 17.4. The predicted molar refractivity (Wildman–Crippen MR) is 110 cm³/mol. The smallest absolute Gasteiger partial charge is 0.313 e. The molecule has 2 aliphatic heterocycles. The van der Waals surface area contributed by atoms with Crippen LogP contribution in [0.3, 0.4) is 0 Å². The maximum absolute atomic E-state index is 12.9. The second-order valence-electron chi connectivity index (χ2n) is 8.18. The molecule has 0 aromatic heterocycles. The molecule has 3 rings (SSSR count). The van der Waals surface area contributed by atoms with Crippen molar-refractivity contribution in [2.75, 3.05) is 32.8 Å². The molecule has 1 atom stereocenters. The van der Waals surface area contributed by atoms with Crippen LogP contribution in [0.1, 0.15) is 51.0 Å². The van der Waals surface area contributed by atoms with Crippen LogP contribution in [0.2, 0.25) is 0 Å². The normalized spacial score (nSPS) is 22.0. The highest BCUT2D eigenvalue weighted by atomic mass is 16.5. The largest absolute Gasteiger partial charge is 0.466 e. The molecule has 158 valence electrons. The van der Waals surface area contributed by atoms with E-state index in [-0.39, 0.29) is 24.3 Å². The van der Waals surface area contributed by atoms with Crippen LogP contribution < -0.4 is 0 Å². The first-order chi connectivity index (χ1) is 14.0. The van der Waals surface area contributed by atoms with Crippen LogP contribution in [0.5, 0.6) is 0 Å². The third kappa shape index (κ3) is 5.37. The van der Waals surface area contributed by atoms with Crippen LogP contribution in [0.25, 0.3) is 0 Å². The fraction of sp³-hybridized carbons (Fsp3) is 0.609. The van der Waals surface area contributed by atoms with Crippen molar-refractivity contribution >= 4 is 17.8 Å². The summed E-state index contributed by atoms with van der Waals surface area (Å²) in [5, 5.41) is 0. The fourth-order valence-electron chi connectivity index (χ4n) is 4.51. The Bertz CT molecular complexity index is 721. The van der Waals surface area contributed by atoms with E-state index in [2.05, 4.69) is 12.1 Å². The SMILES string of the molecule is CCOC(=O)[C@]1(CCCc2ccccc2)CCCN(C(=O)CN2CCCC2=O)C1. The molecule has 2 fully saturated rings. The molecule has 2 heterocycles. The molecule has 0 saturated carbocycles. The number of amides is 2. The molecule has 0 spiro atoms. The van der Waals surface area contributed by atoms with Gasteiger partial charge in [0.1, 0.15) is 0 Å². The predicted octanol–water partition coefficient (Wildman–Crippen LogP) is 2.80. The number of likely N-dealkylation sites (tertiary alicyclic amines) is 2. The first-order valence-electron chi connectivity index (χ1n) is 10.8. The minimum absolute atomic E-state index is 0.0508. The minimum Gasteiger partial charge on any atom is -0.466 e. The summed E-state index contributed by atoms with van der Waals surface area (Å²) < 4.78 is 5.42. The van der Waals surface area contributed by atoms with Gasteiger partial charge in [0.05, 0.1) is 18.6 Å². The summed E-state index contributed by atoms with van der Waals surface area (Å²) in [5.41, 5.74) is 0.607. The summed E-state index contributed by atoms with van der Waals surface area (Å²) in [5.74, 6) is -0.200. The van der Waals surface area contributed by atoms with Gasteiger partial charge >= 0.3 is 5.97 Å². The summed E-state index contributed by atoms with van der Waals surface area (Å²) >= 11 is 0. The molecule has 0 bridgehead atoms. The molecule has 29 heavy (non-hydrogen) atoms. The van der Waals surface area contributed by atoms with E-state index in [1.165, 1.54) is 5.56 Å². The number of piperidine rings is 1. The summed E-state index contributed by atoms with van der Waals surface area (Å²) in [6, 6.07) is 10.2. The molecule has 0 aliphatic carbocycles. The maximum Gasteiger partial charge on any atom is 0.313 e. The third-order valence-electron chi connectivity index (χ3n) is 6.10. The van der Waals surface area contributed by atoms with Gasteiger partial charge in [-0.2, -0.15) is 0 Å². The molecule has 1 aromatic carbocycles. The lowest BCUT2D eigenvalue weighted by Gasteiger charge is -2.41. The Hall–Kier alpha value is -2.37. The topological polar surface area (TPSA) is 66.9 Å². The zero-order chi connectivity index (χ0) is 20.7. The van der Waals surface area contributed by atoms with Gasteiger partial charge in [-0.15, -0.1) is 0 Å². The fourth-order valence-corrected chi connectivity index (χ4v) is 4.51. The highest BCUT2D eigenvalue weighted by Gasteiger charge is 2.44. The van der Waals surface area contributed by atoms with Crippen LogP contribution in [-0.2, 0) is 25.5 Å². The highest BCUT2D eigenvalue weighted by molar-refractivity contribution is 5.86. The highest BCUT2D eigenvalue weighted by Crippen LogP contribution is 2.37. The average Bonchev–Trinajstić information content (AvgIpc) is 3.13. The Kier molecular flexibility index (Phi) is 7.29. The molecule has 0 N–H and O–H groups in total. The van der Waals surface area contributed by atoms with E-state index in [9.17, 15) is 14.4 Å². The Morgan fingerprint density at radius 1 is 1.14 bits per heavy atom. The van der Waals surface area contributed by atoms with Crippen molar-refractivity contribution in [3.63, 3.8) is 0 Å². The number of carbonyl (C=O) groups is 3. The third-order valence-corrected chi connectivity index (χ3v) is 6.10. The Morgan fingerprint density at radius 2 is 1.93 bits per heavy atom. The van der Waals surface area contributed by atoms with Gasteiger partial charge in [0.25, 0.3) is 0 Å². The second kappa shape index (κ2) is 9.90. The molecule has 2 aliphatic rings. The van der Waals surface area contributed by atoms with Crippen molar-refractivity contribution in [2.24, 2.45) is 5.41 Å². The molecular formula is C23H32N2O4. The average molecular weight is 401 g/mol. The quantitative estimate of drug-likeness (QED) is 0.630. The van der Waals surface area contributed by atoms with Gasteiger partial charge in [-0.25, -0.2) is 0 Å². The maximum atomic E-state index is 12.9. The van der Waals surface area contributed by atoms with Gasteiger partial charge in [-0.1, -0.05) is 30.3 Å². The van der Waals surface area contributed by atoms with Crippen molar-refractivity contribution in [1.29, 1.82) is 0 Å². The monoisotopic (exact) mass is 400 g/mol. The molecule has 0 unspecified atom stereocenters. The van der Waals surface area contributed by atoms with Gasteiger partial charge in [-0.05, 0) is 51.0 Å². The van der Waals surface area contributed by atoms with Crippen molar-refractivity contribution in [1.82, 2.24) is 9.80 Å². The van der Waals surface area contributed by atoms with Crippen molar-refractivity contribution < 1.29 is 19.1 Å². The number of hydrogen-bond donors (Lipinski definition) is 0. The number of carbonyl (C=O) groups excluding carboxylic acids is 3. The summed E-state index contributed by atoms with van der Waals surface area (Å²) in [4.78, 5) is 41.0. The Balaban J connectivity index is 1.65. The first kappa shape index (κ1) is 21.3. The number of nitrogens with zero attached hydrogens (tertiary/aromatic N) is 2. The second-order valence-corrected chi connectivity index (χ2v) is 8.18. The lowest BCUT2D eigenvalue weighted by Crippen LogP contribution is -2.52. The van der Waals surface area contributed by atoms with Crippen molar-refractivity contribution in [2.45, 2.75) is 51.9 Å². The van der Waals surface area contributed by atoms with Gasteiger partial charge in [-0.3, -0.25) is 14.4 Å². The number of hydrogen-bond acceptors (Lipinski definition) is 4. The van der Waals surface area contributed by atoms with E-state index < -0.39 is 5.41 Å². The number of aryl methyl sites for hydroxylation is 1. The number of ether oxygens (including phenoxy) is 1. The van der Waals surface area contributed by atoms with Crippen LogP contribution in [0, 0.1) is 5.41 Å². The molecule has 1 aromatic rings. The van der Waals surface area contributed by atoms with Crippen LogP contribution >= 0.6 is 0 Å². The molecule has 6 nitrogen and oxygen atoms in total. The summed E-state index contributed by atoms with van der Waals surface area (Å²) in [6.07, 6.45) is 5.34. The van der Waals surface area contributed by atoms with Crippen LogP contribution in [0.15, 0.2) is 30.3 Å². The van der Waals surface area contributed by atoms with Gasteiger partial charge < -0.3 is 14.5 Å². The first-order valence-corrected chi connectivity index (χ1v) is 10.8. The zero-order valence-corrected chi connectivity index (χ0v) is 17.4. The summed E-state index contributed by atoms with van der Waals surface area (Å²) in [7, 11) is 0. The van der Waals surface area contributed by atoms with E-state index in [0.29, 0.717) is 39.1 Å². The lowest BCUT2D eigenvalue weighted by atomic mass is 9.75.